The van der Waals surface area contributed by atoms with Gasteiger partial charge in [0.1, 0.15) is 17.6 Å². The van der Waals surface area contributed by atoms with Crippen molar-refractivity contribution in [2.24, 2.45) is 7.05 Å². The predicted molar refractivity (Wildman–Crippen MR) is 68.9 cm³/mol. The van der Waals surface area contributed by atoms with E-state index in [1.807, 2.05) is 31.6 Å². The quantitative estimate of drug-likeness (QED) is 0.817. The van der Waals surface area contributed by atoms with Crippen LogP contribution in [0.1, 0.15) is 18.2 Å². The summed E-state index contributed by atoms with van der Waals surface area (Å²) in [5.41, 5.74) is 1.57. The van der Waals surface area contributed by atoms with Crippen LogP contribution in [-0.4, -0.2) is 21.3 Å². The molecule has 0 radical (unpaired) electrons. The van der Waals surface area contributed by atoms with Gasteiger partial charge in [-0.25, -0.2) is 4.98 Å². The highest BCUT2D eigenvalue weighted by molar-refractivity contribution is 5.42. The second-order valence-corrected chi connectivity index (χ2v) is 4.03. The Hall–Kier alpha value is -2.35. The van der Waals surface area contributed by atoms with E-state index >= 15 is 0 Å². The maximum absolute atomic E-state index is 8.87. The summed E-state index contributed by atoms with van der Waals surface area (Å²) < 4.78 is 1.78. The van der Waals surface area contributed by atoms with Crippen LogP contribution >= 0.6 is 0 Å². The zero-order chi connectivity index (χ0) is 13.0. The second-order valence-electron chi connectivity index (χ2n) is 4.03. The van der Waals surface area contributed by atoms with Gasteiger partial charge in [-0.2, -0.15) is 10.4 Å². The third-order valence-electron chi connectivity index (χ3n) is 2.69. The lowest BCUT2D eigenvalue weighted by Crippen LogP contribution is -2.23. The molecule has 0 saturated carbocycles. The molecule has 2 heterocycles. The molecule has 0 fully saturated rings. The monoisotopic (exact) mass is 241 g/mol. The van der Waals surface area contributed by atoms with Gasteiger partial charge in [-0.15, -0.1) is 0 Å². The summed E-state index contributed by atoms with van der Waals surface area (Å²) in [5, 5.41) is 13.0. The molecule has 2 aromatic rings. The average molecular weight is 241 g/mol. The Morgan fingerprint density at radius 1 is 1.44 bits per heavy atom. The molecular weight excluding hydrogens is 226 g/mol. The SMILES string of the molecule is CCN(Cc1cnn(C)c1)c1cccc(C#N)n1. The Balaban J connectivity index is 2.20. The van der Waals surface area contributed by atoms with Crippen molar-refractivity contribution in [2.75, 3.05) is 11.4 Å². The van der Waals surface area contributed by atoms with Crippen molar-refractivity contribution >= 4 is 5.82 Å². The Labute approximate surface area is 106 Å². The maximum Gasteiger partial charge on any atom is 0.142 e. The lowest BCUT2D eigenvalue weighted by atomic mass is 10.3. The summed E-state index contributed by atoms with van der Waals surface area (Å²) in [5.74, 6) is 0.820. The van der Waals surface area contributed by atoms with Gasteiger partial charge in [0.25, 0.3) is 0 Å². The number of nitrogens with zero attached hydrogens (tertiary/aromatic N) is 5. The predicted octanol–water partition coefficient (Wildman–Crippen LogP) is 1.71. The zero-order valence-electron chi connectivity index (χ0n) is 10.5. The molecule has 0 aromatic carbocycles. The van der Waals surface area contributed by atoms with E-state index in [1.165, 1.54) is 0 Å². The molecule has 0 bridgehead atoms. The highest BCUT2D eigenvalue weighted by atomic mass is 15.2. The molecule has 0 spiro atoms. The van der Waals surface area contributed by atoms with Crippen molar-refractivity contribution in [3.8, 4) is 6.07 Å². The first-order chi connectivity index (χ1) is 8.72. The number of hydrogen-bond donors (Lipinski definition) is 0. The number of anilines is 1. The van der Waals surface area contributed by atoms with E-state index in [2.05, 4.69) is 28.0 Å². The van der Waals surface area contributed by atoms with Crippen molar-refractivity contribution in [1.29, 1.82) is 5.26 Å². The van der Waals surface area contributed by atoms with Crippen LogP contribution in [-0.2, 0) is 13.6 Å². The Kier molecular flexibility index (Phi) is 3.58. The summed E-state index contributed by atoms with van der Waals surface area (Å²) in [6.45, 7) is 3.64. The third-order valence-corrected chi connectivity index (χ3v) is 2.69. The lowest BCUT2D eigenvalue weighted by Gasteiger charge is -2.21. The summed E-state index contributed by atoms with van der Waals surface area (Å²) in [7, 11) is 1.90. The van der Waals surface area contributed by atoms with Gasteiger partial charge >= 0.3 is 0 Å². The van der Waals surface area contributed by atoms with E-state index in [0.717, 1.165) is 24.5 Å². The summed E-state index contributed by atoms with van der Waals surface area (Å²) in [6, 6.07) is 7.54. The Morgan fingerprint density at radius 3 is 2.89 bits per heavy atom. The van der Waals surface area contributed by atoms with E-state index in [0.29, 0.717) is 5.69 Å². The van der Waals surface area contributed by atoms with Gasteiger partial charge < -0.3 is 4.90 Å². The zero-order valence-corrected chi connectivity index (χ0v) is 10.5. The van der Waals surface area contributed by atoms with Crippen molar-refractivity contribution in [3.63, 3.8) is 0 Å². The molecule has 0 amide bonds. The van der Waals surface area contributed by atoms with Gasteiger partial charge in [0.15, 0.2) is 0 Å². The van der Waals surface area contributed by atoms with Crippen LogP contribution in [0.15, 0.2) is 30.6 Å². The van der Waals surface area contributed by atoms with E-state index in [9.17, 15) is 0 Å². The Bertz CT molecular complexity index is 567. The van der Waals surface area contributed by atoms with E-state index in [-0.39, 0.29) is 0 Å². The fourth-order valence-electron chi connectivity index (χ4n) is 1.79. The molecule has 0 N–H and O–H groups in total. The van der Waals surface area contributed by atoms with Crippen LogP contribution in [0.2, 0.25) is 0 Å². The van der Waals surface area contributed by atoms with Crippen molar-refractivity contribution in [1.82, 2.24) is 14.8 Å². The van der Waals surface area contributed by atoms with Crippen LogP contribution in [0, 0.1) is 11.3 Å². The molecule has 0 aliphatic carbocycles. The van der Waals surface area contributed by atoms with Crippen molar-refractivity contribution in [2.45, 2.75) is 13.5 Å². The average Bonchev–Trinajstić information content (AvgIpc) is 2.81. The van der Waals surface area contributed by atoms with E-state index < -0.39 is 0 Å². The molecule has 0 aliphatic rings. The van der Waals surface area contributed by atoms with Gasteiger partial charge in [0.05, 0.1) is 6.20 Å². The lowest BCUT2D eigenvalue weighted by molar-refractivity contribution is 0.764. The minimum absolute atomic E-state index is 0.442. The van der Waals surface area contributed by atoms with Crippen molar-refractivity contribution < 1.29 is 0 Å². The fourth-order valence-corrected chi connectivity index (χ4v) is 1.79. The molecule has 0 aliphatic heterocycles. The van der Waals surface area contributed by atoms with E-state index in [4.69, 9.17) is 5.26 Å². The molecule has 0 saturated heterocycles. The van der Waals surface area contributed by atoms with Gasteiger partial charge in [0, 0.05) is 31.9 Å². The van der Waals surface area contributed by atoms with Crippen LogP contribution in [0.4, 0.5) is 5.82 Å². The fraction of sp³-hybridized carbons (Fsp3) is 0.308. The smallest absolute Gasteiger partial charge is 0.142 e. The summed E-state index contributed by atoms with van der Waals surface area (Å²) in [4.78, 5) is 6.41. The number of nitriles is 1. The molecule has 2 rings (SSSR count). The molecule has 0 unspecified atom stereocenters. The number of pyridine rings is 1. The molecule has 5 nitrogen and oxygen atoms in total. The van der Waals surface area contributed by atoms with Gasteiger partial charge in [-0.05, 0) is 19.1 Å². The highest BCUT2D eigenvalue weighted by Gasteiger charge is 2.08. The Morgan fingerprint density at radius 2 is 2.28 bits per heavy atom. The molecule has 0 atom stereocenters. The second kappa shape index (κ2) is 5.32. The molecule has 18 heavy (non-hydrogen) atoms. The largest absolute Gasteiger partial charge is 0.352 e. The summed E-state index contributed by atoms with van der Waals surface area (Å²) in [6.07, 6.45) is 3.83. The van der Waals surface area contributed by atoms with Gasteiger partial charge in [0.2, 0.25) is 0 Å². The first-order valence-electron chi connectivity index (χ1n) is 5.82. The number of hydrogen-bond acceptors (Lipinski definition) is 4. The third kappa shape index (κ3) is 2.66. The van der Waals surface area contributed by atoms with Crippen LogP contribution in [0.3, 0.4) is 0 Å². The van der Waals surface area contributed by atoms with E-state index in [1.54, 1.807) is 10.7 Å². The summed E-state index contributed by atoms with van der Waals surface area (Å²) >= 11 is 0. The minimum Gasteiger partial charge on any atom is -0.352 e. The first-order valence-corrected chi connectivity index (χ1v) is 5.82. The van der Waals surface area contributed by atoms with Gasteiger partial charge in [-0.3, -0.25) is 4.68 Å². The maximum atomic E-state index is 8.87. The molecule has 5 heteroatoms. The number of aryl methyl sites for hydroxylation is 1. The number of rotatable bonds is 4. The highest BCUT2D eigenvalue weighted by Crippen LogP contribution is 2.14. The molecule has 2 aromatic heterocycles. The van der Waals surface area contributed by atoms with Gasteiger partial charge in [-0.1, -0.05) is 6.07 Å². The van der Waals surface area contributed by atoms with Crippen LogP contribution < -0.4 is 4.90 Å². The van der Waals surface area contributed by atoms with Crippen LogP contribution in [0.5, 0.6) is 0 Å². The topological polar surface area (TPSA) is 57.7 Å². The van der Waals surface area contributed by atoms with Crippen molar-refractivity contribution in [3.05, 3.63) is 41.9 Å². The minimum atomic E-state index is 0.442. The number of aromatic nitrogens is 3. The molecule has 92 valence electrons. The normalized spacial score (nSPS) is 10.1. The van der Waals surface area contributed by atoms with Crippen LogP contribution in [0.25, 0.3) is 0 Å². The first kappa shape index (κ1) is 12.1. The molecular formula is C13H15N5. The standard InChI is InChI=1S/C13H15N5/c1-3-18(10-11-8-15-17(2)9-11)13-6-4-5-12(7-14)16-13/h4-6,8-9H,3,10H2,1-2H3.